The molecule has 0 heterocycles. The normalized spacial score (nSPS) is 7.36. The summed E-state index contributed by atoms with van der Waals surface area (Å²) in [5, 5.41) is 0. The number of rotatable bonds is 1. The molecule has 0 fully saturated rings. The van der Waals surface area contributed by atoms with Crippen molar-refractivity contribution < 1.29 is 37.0 Å². The standard InChI is InChI=1S/C9H11O.H2N.2O.U/c1-7-4-8(2)6-9(5-7)10-3;;;;/h5-6H,1-3H3;1H2;;;/q2*-1;;;+2. The summed E-state index contributed by atoms with van der Waals surface area (Å²) in [7, 11) is 1.67. The van der Waals surface area contributed by atoms with Gasteiger partial charge in [0.1, 0.15) is 0 Å². The Kier molecular flexibility index (Phi) is 10.6. The van der Waals surface area contributed by atoms with Gasteiger partial charge in [-0.3, -0.25) is 0 Å². The number of benzene rings is 1. The molecule has 14 heavy (non-hydrogen) atoms. The third-order valence-electron chi connectivity index (χ3n) is 1.35. The predicted octanol–water partition coefficient (Wildman–Crippen LogP) is 2.59. The third kappa shape index (κ3) is 7.08. The summed E-state index contributed by atoms with van der Waals surface area (Å²) in [6.07, 6.45) is 0. The fraction of sp³-hybridized carbons (Fsp3) is 0.333. The fourth-order valence-corrected chi connectivity index (χ4v) is 0.969. The van der Waals surface area contributed by atoms with E-state index >= 15 is 0 Å². The van der Waals surface area contributed by atoms with Gasteiger partial charge in [0.05, 0.1) is 7.11 Å². The molecule has 0 unspecified atom stereocenters. The van der Waals surface area contributed by atoms with Gasteiger partial charge < -0.3 is 10.9 Å². The molecule has 1 aromatic rings. The Balaban J connectivity index is 0. The molecule has 0 amide bonds. The van der Waals surface area contributed by atoms with Gasteiger partial charge in [-0.1, -0.05) is 13.8 Å². The van der Waals surface area contributed by atoms with Crippen molar-refractivity contribution in [2.75, 3.05) is 7.11 Å². The van der Waals surface area contributed by atoms with Crippen molar-refractivity contribution >= 4 is 0 Å². The predicted molar refractivity (Wildman–Crippen MR) is 48.0 cm³/mol. The van der Waals surface area contributed by atoms with Crippen molar-refractivity contribution in [2.24, 2.45) is 0 Å². The van der Waals surface area contributed by atoms with E-state index in [0.717, 1.165) is 16.9 Å². The van der Waals surface area contributed by atoms with Crippen molar-refractivity contribution in [3.8, 4) is 5.75 Å². The summed E-state index contributed by atoms with van der Waals surface area (Å²) in [5.74, 6) is 0.911. The quantitative estimate of drug-likeness (QED) is 0.655. The zero-order valence-electron chi connectivity index (χ0n) is 8.46. The summed E-state index contributed by atoms with van der Waals surface area (Å²) in [6.45, 7) is 4.02. The van der Waals surface area contributed by atoms with Gasteiger partial charge in [0.2, 0.25) is 0 Å². The molecule has 1 aromatic carbocycles. The molecule has 2 N–H and O–H groups in total. The Morgan fingerprint density at radius 2 is 1.57 bits per heavy atom. The van der Waals surface area contributed by atoms with Crippen LogP contribution in [0.1, 0.15) is 11.1 Å². The third-order valence-corrected chi connectivity index (χ3v) is 1.35. The minimum absolute atomic E-state index is 0. The number of hydrogen-bond donors (Lipinski definition) is 0. The van der Waals surface area contributed by atoms with E-state index in [-0.39, 0.29) is 6.15 Å². The molecule has 0 spiro atoms. The number of hydrogen-bond acceptors (Lipinski definition) is 3. The van der Waals surface area contributed by atoms with Crippen LogP contribution in [0.3, 0.4) is 0 Å². The van der Waals surface area contributed by atoms with E-state index in [1.165, 1.54) is 0 Å². The number of methoxy groups -OCH3 is 1. The van der Waals surface area contributed by atoms with E-state index in [0.29, 0.717) is 0 Å². The molecule has 0 saturated carbocycles. The Morgan fingerprint density at radius 1 is 1.21 bits per heavy atom. The molecular formula is C9H13NO3U. The van der Waals surface area contributed by atoms with Gasteiger partial charge in [-0.05, 0) is 0 Å². The summed E-state index contributed by atoms with van der Waals surface area (Å²) in [6, 6.07) is 7.10. The minimum atomic E-state index is -2.51. The average Bonchev–Trinajstić information content (AvgIpc) is 2.04. The first-order valence-electron chi connectivity index (χ1n) is 3.68. The van der Waals surface area contributed by atoms with E-state index in [9.17, 15) is 0 Å². The van der Waals surface area contributed by atoms with E-state index in [1.807, 2.05) is 26.0 Å². The van der Waals surface area contributed by atoms with Gasteiger partial charge in [0.15, 0.2) is 0 Å². The summed E-state index contributed by atoms with van der Waals surface area (Å²) in [4.78, 5) is 0. The molecule has 5 heteroatoms. The topological polar surface area (TPSA) is 76.9 Å². The number of nitrogens with two attached hydrogens (primary N) is 1. The van der Waals surface area contributed by atoms with Crippen LogP contribution in [-0.2, 0) is 4.47 Å². The van der Waals surface area contributed by atoms with Crippen LogP contribution in [-0.4, -0.2) is 7.11 Å². The molecule has 76 valence electrons. The van der Waals surface area contributed by atoms with Crippen LogP contribution in [0.25, 0.3) is 6.15 Å². The van der Waals surface area contributed by atoms with Crippen LogP contribution in [0.2, 0.25) is 0 Å². The van der Waals surface area contributed by atoms with Gasteiger partial charge in [0.25, 0.3) is 0 Å². The average molecular weight is 421 g/mol. The van der Waals surface area contributed by atoms with Crippen LogP contribution in [0.5, 0.6) is 5.75 Å². The van der Waals surface area contributed by atoms with Crippen molar-refractivity contribution in [1.29, 1.82) is 0 Å². The van der Waals surface area contributed by atoms with E-state index in [2.05, 4.69) is 6.07 Å². The van der Waals surface area contributed by atoms with Crippen LogP contribution in [0.15, 0.2) is 12.1 Å². The maximum absolute atomic E-state index is 8.58. The molecule has 0 radical (unpaired) electrons. The van der Waals surface area contributed by atoms with Gasteiger partial charge >= 0.3 is 32.3 Å². The first kappa shape index (κ1) is 16.1. The van der Waals surface area contributed by atoms with Crippen LogP contribution < -0.4 is 4.74 Å². The number of aryl methyl sites for hydroxylation is 2. The molecule has 0 aliphatic heterocycles. The maximum atomic E-state index is 8.58. The second-order valence-corrected chi connectivity index (χ2v) is 3.16. The first-order valence-corrected chi connectivity index (χ1v) is 7.07. The van der Waals surface area contributed by atoms with Crippen LogP contribution in [0.4, 0.5) is 0 Å². The second kappa shape index (κ2) is 9.20. The van der Waals surface area contributed by atoms with E-state index in [4.69, 9.17) is 9.21 Å². The Bertz CT molecular complexity index is 289. The second-order valence-electron chi connectivity index (χ2n) is 2.47. The molecule has 0 atom stereocenters. The van der Waals surface area contributed by atoms with Gasteiger partial charge in [0, 0.05) is 5.75 Å². The monoisotopic (exact) mass is 421 g/mol. The Labute approximate surface area is 98.8 Å². The van der Waals surface area contributed by atoms with Gasteiger partial charge in [-0.25, -0.2) is 0 Å². The fourth-order valence-electron chi connectivity index (χ4n) is 0.969. The van der Waals surface area contributed by atoms with Crippen molar-refractivity contribution in [3.05, 3.63) is 35.5 Å². The number of ether oxygens (including phenoxy) is 1. The van der Waals surface area contributed by atoms with Crippen molar-refractivity contribution in [3.63, 3.8) is 0 Å². The summed E-state index contributed by atoms with van der Waals surface area (Å²) >= 11 is -2.51. The van der Waals surface area contributed by atoms with Crippen molar-refractivity contribution in [1.82, 2.24) is 0 Å². The van der Waals surface area contributed by atoms with Crippen LogP contribution in [0, 0.1) is 47.7 Å². The summed E-state index contributed by atoms with van der Waals surface area (Å²) < 4.78 is 22.2. The zero-order chi connectivity index (χ0) is 10.3. The van der Waals surface area contributed by atoms with E-state index in [1.54, 1.807) is 7.11 Å². The zero-order valence-corrected chi connectivity index (χ0v) is 12.6. The van der Waals surface area contributed by atoms with Gasteiger partial charge in [-0.2, -0.15) is 17.2 Å². The first-order chi connectivity index (χ1) is 6.13. The molecule has 4 nitrogen and oxygen atoms in total. The van der Waals surface area contributed by atoms with E-state index < -0.39 is 27.8 Å². The summed E-state index contributed by atoms with van der Waals surface area (Å²) in [5.41, 5.74) is 2.24. The van der Waals surface area contributed by atoms with Crippen molar-refractivity contribution in [2.45, 2.75) is 13.8 Å². The molecular weight excluding hydrogens is 408 g/mol. The van der Waals surface area contributed by atoms with Crippen LogP contribution >= 0.6 is 0 Å². The molecule has 0 saturated heterocycles. The SMILES string of the molecule is COc1cc(C)[c-]c(C)c1.[NH2-].[O]=[U+2]=[O]. The molecule has 0 bridgehead atoms. The molecule has 0 aliphatic rings. The Hall–Kier alpha value is -0.368. The Morgan fingerprint density at radius 3 is 1.86 bits per heavy atom. The molecule has 0 aliphatic carbocycles. The van der Waals surface area contributed by atoms with Gasteiger partial charge in [-0.15, -0.1) is 12.1 Å². The molecule has 0 aromatic heterocycles. The molecule has 1 rings (SSSR count).